The largest absolute Gasteiger partial charge is 0.339 e. The molecular weight excluding hydrogens is 226 g/mol. The van der Waals surface area contributed by atoms with Crippen LogP contribution in [0, 0.1) is 5.92 Å². The molecule has 2 fully saturated rings. The van der Waals surface area contributed by atoms with Crippen LogP contribution in [0.15, 0.2) is 0 Å². The summed E-state index contributed by atoms with van der Waals surface area (Å²) in [5.74, 6) is 0.544. The third kappa shape index (κ3) is 2.69. The van der Waals surface area contributed by atoms with Gasteiger partial charge in [-0.05, 0) is 47.2 Å². The number of amides is 1. The van der Waals surface area contributed by atoms with Gasteiger partial charge in [0.2, 0.25) is 5.91 Å². The van der Waals surface area contributed by atoms with E-state index in [0.29, 0.717) is 24.0 Å². The van der Waals surface area contributed by atoms with Gasteiger partial charge in [-0.15, -0.1) is 0 Å². The lowest BCUT2D eigenvalue weighted by Crippen LogP contribution is -2.59. The molecule has 0 radical (unpaired) electrons. The average molecular weight is 253 g/mol. The zero-order valence-corrected chi connectivity index (χ0v) is 12.1. The number of nitrogens with zero attached hydrogens (tertiary/aromatic N) is 2. The summed E-state index contributed by atoms with van der Waals surface area (Å²) >= 11 is 0. The van der Waals surface area contributed by atoms with Crippen molar-refractivity contribution < 1.29 is 4.79 Å². The van der Waals surface area contributed by atoms with Gasteiger partial charge in [0.1, 0.15) is 0 Å². The van der Waals surface area contributed by atoms with Gasteiger partial charge in [-0.3, -0.25) is 9.69 Å². The summed E-state index contributed by atoms with van der Waals surface area (Å²) in [6, 6.07) is 1.26. The Balaban J connectivity index is 2.00. The van der Waals surface area contributed by atoms with Crippen molar-refractivity contribution in [1.82, 2.24) is 15.1 Å². The Labute approximate surface area is 111 Å². The summed E-state index contributed by atoms with van der Waals surface area (Å²) in [6.07, 6.45) is 2.17. The van der Waals surface area contributed by atoms with Crippen LogP contribution in [0.2, 0.25) is 0 Å². The van der Waals surface area contributed by atoms with Crippen LogP contribution >= 0.6 is 0 Å². The maximum atomic E-state index is 12.6. The van der Waals surface area contributed by atoms with E-state index in [-0.39, 0.29) is 5.92 Å². The second-order valence-electron chi connectivity index (χ2n) is 6.10. The molecule has 2 aliphatic heterocycles. The van der Waals surface area contributed by atoms with Gasteiger partial charge in [-0.1, -0.05) is 0 Å². The minimum absolute atomic E-state index is 0.182. The molecule has 0 aliphatic carbocycles. The summed E-state index contributed by atoms with van der Waals surface area (Å²) in [6.45, 7) is 9.37. The number of hydrogen-bond acceptors (Lipinski definition) is 3. The molecule has 1 amide bonds. The second kappa shape index (κ2) is 5.57. The maximum absolute atomic E-state index is 12.6. The highest BCUT2D eigenvalue weighted by Gasteiger charge is 2.35. The molecule has 2 saturated heterocycles. The topological polar surface area (TPSA) is 35.6 Å². The summed E-state index contributed by atoms with van der Waals surface area (Å²) in [5.41, 5.74) is 0. The summed E-state index contributed by atoms with van der Waals surface area (Å²) in [5, 5.41) is 3.43. The Bertz CT molecular complexity index is 295. The molecule has 0 spiro atoms. The first-order valence-electron chi connectivity index (χ1n) is 7.24. The predicted molar refractivity (Wildman–Crippen MR) is 73.5 cm³/mol. The van der Waals surface area contributed by atoms with Gasteiger partial charge in [0, 0.05) is 31.2 Å². The van der Waals surface area contributed by atoms with Crippen molar-refractivity contribution in [3.05, 3.63) is 0 Å². The fourth-order valence-corrected chi connectivity index (χ4v) is 3.20. The minimum Gasteiger partial charge on any atom is -0.339 e. The third-order valence-corrected chi connectivity index (χ3v) is 4.75. The van der Waals surface area contributed by atoms with E-state index in [2.05, 4.69) is 42.9 Å². The van der Waals surface area contributed by atoms with Gasteiger partial charge in [0.05, 0.1) is 5.92 Å². The third-order valence-electron chi connectivity index (χ3n) is 4.75. The highest BCUT2D eigenvalue weighted by atomic mass is 16.2. The van der Waals surface area contributed by atoms with Crippen molar-refractivity contribution in [3.63, 3.8) is 0 Å². The van der Waals surface area contributed by atoms with Gasteiger partial charge in [0.15, 0.2) is 0 Å². The lowest BCUT2D eigenvalue weighted by molar-refractivity contribution is -0.141. The molecule has 0 aromatic carbocycles. The number of hydrogen-bond donors (Lipinski definition) is 1. The molecule has 4 unspecified atom stereocenters. The maximum Gasteiger partial charge on any atom is 0.227 e. The molecule has 0 bridgehead atoms. The van der Waals surface area contributed by atoms with E-state index in [1.54, 1.807) is 0 Å². The molecule has 0 aromatic heterocycles. The van der Waals surface area contributed by atoms with Crippen LogP contribution in [0.4, 0.5) is 0 Å². The first-order chi connectivity index (χ1) is 8.50. The van der Waals surface area contributed by atoms with Crippen molar-refractivity contribution in [2.24, 2.45) is 5.92 Å². The van der Waals surface area contributed by atoms with Gasteiger partial charge in [0.25, 0.3) is 0 Å². The van der Waals surface area contributed by atoms with E-state index in [0.717, 1.165) is 32.5 Å². The molecule has 2 aliphatic rings. The van der Waals surface area contributed by atoms with Gasteiger partial charge in [-0.2, -0.15) is 0 Å². The van der Waals surface area contributed by atoms with E-state index >= 15 is 0 Å². The van der Waals surface area contributed by atoms with Crippen LogP contribution in [-0.4, -0.2) is 60.5 Å². The minimum atomic E-state index is 0.182. The number of carbonyl (C=O) groups is 1. The number of rotatable bonds is 1. The summed E-state index contributed by atoms with van der Waals surface area (Å²) in [4.78, 5) is 17.1. The van der Waals surface area contributed by atoms with Crippen LogP contribution in [0.25, 0.3) is 0 Å². The van der Waals surface area contributed by atoms with Crippen LogP contribution in [0.3, 0.4) is 0 Å². The first kappa shape index (κ1) is 13.8. The number of piperidine rings is 1. The van der Waals surface area contributed by atoms with Crippen molar-refractivity contribution in [2.45, 2.75) is 51.7 Å². The zero-order chi connectivity index (χ0) is 13.3. The van der Waals surface area contributed by atoms with E-state index in [1.165, 1.54) is 0 Å². The molecule has 4 atom stereocenters. The Hall–Kier alpha value is -0.610. The smallest absolute Gasteiger partial charge is 0.227 e. The quantitative estimate of drug-likeness (QED) is 0.755. The summed E-state index contributed by atoms with van der Waals surface area (Å²) < 4.78 is 0. The van der Waals surface area contributed by atoms with Crippen LogP contribution in [0.1, 0.15) is 33.6 Å². The molecule has 2 heterocycles. The Morgan fingerprint density at radius 2 is 1.78 bits per heavy atom. The fraction of sp³-hybridized carbons (Fsp3) is 0.929. The molecule has 104 valence electrons. The number of likely N-dealkylation sites (N-methyl/N-ethyl adjacent to an activating group) is 1. The lowest BCUT2D eigenvalue weighted by atomic mass is 9.90. The van der Waals surface area contributed by atoms with Crippen molar-refractivity contribution in [2.75, 3.05) is 26.7 Å². The van der Waals surface area contributed by atoms with E-state index in [9.17, 15) is 4.79 Å². The molecule has 1 N–H and O–H groups in total. The average Bonchev–Trinajstić information content (AvgIpc) is 2.35. The first-order valence-corrected chi connectivity index (χ1v) is 7.24. The SMILES string of the molecule is CC1NCCCC1C(=O)N1CC(C)N(C)C(C)C1. The van der Waals surface area contributed by atoms with Gasteiger partial charge >= 0.3 is 0 Å². The Morgan fingerprint density at radius 1 is 1.17 bits per heavy atom. The van der Waals surface area contributed by atoms with Crippen molar-refractivity contribution in [3.8, 4) is 0 Å². The highest BCUT2D eigenvalue weighted by molar-refractivity contribution is 5.80. The van der Waals surface area contributed by atoms with Gasteiger partial charge < -0.3 is 10.2 Å². The predicted octanol–water partition coefficient (Wildman–Crippen LogP) is 0.926. The second-order valence-corrected chi connectivity index (χ2v) is 6.10. The molecule has 18 heavy (non-hydrogen) atoms. The van der Waals surface area contributed by atoms with E-state index in [1.807, 2.05) is 0 Å². The zero-order valence-electron chi connectivity index (χ0n) is 12.1. The van der Waals surface area contributed by atoms with Crippen LogP contribution in [-0.2, 0) is 4.79 Å². The van der Waals surface area contributed by atoms with E-state index < -0.39 is 0 Å². The lowest BCUT2D eigenvalue weighted by Gasteiger charge is -2.44. The van der Waals surface area contributed by atoms with E-state index in [4.69, 9.17) is 0 Å². The molecule has 0 saturated carbocycles. The number of nitrogens with one attached hydrogen (secondary N) is 1. The van der Waals surface area contributed by atoms with Crippen LogP contribution in [0.5, 0.6) is 0 Å². The van der Waals surface area contributed by atoms with Crippen LogP contribution < -0.4 is 5.32 Å². The molecule has 4 nitrogen and oxygen atoms in total. The highest BCUT2D eigenvalue weighted by Crippen LogP contribution is 2.22. The van der Waals surface area contributed by atoms with Crippen molar-refractivity contribution in [1.29, 1.82) is 0 Å². The van der Waals surface area contributed by atoms with Gasteiger partial charge in [-0.25, -0.2) is 0 Å². The molecule has 2 rings (SSSR count). The Morgan fingerprint density at radius 3 is 2.33 bits per heavy atom. The monoisotopic (exact) mass is 253 g/mol. The molecule has 0 aromatic rings. The Kier molecular flexibility index (Phi) is 4.28. The number of carbonyl (C=O) groups excluding carboxylic acids is 1. The molecular formula is C14H27N3O. The standard InChI is InChI=1S/C14H27N3O/c1-10-8-17(9-11(2)16(10)4)14(18)13-6-5-7-15-12(13)3/h10-13,15H,5-9H2,1-4H3. The number of piperazine rings is 1. The normalized spacial score (nSPS) is 38.8. The summed E-state index contributed by atoms with van der Waals surface area (Å²) in [7, 11) is 2.15. The molecule has 4 heteroatoms. The fourth-order valence-electron chi connectivity index (χ4n) is 3.20. The van der Waals surface area contributed by atoms with Crippen molar-refractivity contribution >= 4 is 5.91 Å².